The summed E-state index contributed by atoms with van der Waals surface area (Å²) in [5.41, 5.74) is -0.531. The molecule has 0 fully saturated rings. The van der Waals surface area contributed by atoms with Crippen LogP contribution in [0.15, 0.2) is 103 Å². The molecule has 1 aliphatic rings. The molecule has 3 aromatic rings. The fraction of sp³-hybridized carbons (Fsp3) is 0.324. The highest BCUT2D eigenvalue weighted by Crippen LogP contribution is 2.46. The Balaban J connectivity index is 1.53. The Morgan fingerprint density at radius 2 is 1.40 bits per heavy atom. The molecule has 1 amide bonds. The van der Waals surface area contributed by atoms with Crippen molar-refractivity contribution in [3.8, 4) is 0 Å². The zero-order chi connectivity index (χ0) is 30.5. The number of hydrogen-bond donors (Lipinski definition) is 3. The molecular weight excluding hydrogens is 534 g/mol. The molecule has 1 aliphatic carbocycles. The predicted molar refractivity (Wildman–Crippen MR) is 157 cm³/mol. The number of carbonyl (C=O) groups excluding carboxylic acids is 3. The van der Waals surface area contributed by atoms with Crippen molar-refractivity contribution in [3.05, 3.63) is 119 Å². The second kappa shape index (κ2) is 12.7. The van der Waals surface area contributed by atoms with Crippen molar-refractivity contribution < 1.29 is 34.1 Å². The molecule has 4 rings (SSSR count). The zero-order valence-corrected chi connectivity index (χ0v) is 24.2. The smallest absolute Gasteiger partial charge is 0.338 e. The number of carbonyl (C=O) groups is 3. The molecule has 0 heterocycles. The number of hydrogen-bond acceptors (Lipinski definition) is 7. The number of esters is 2. The lowest BCUT2D eigenvalue weighted by molar-refractivity contribution is -0.176. The molecule has 0 aromatic heterocycles. The lowest BCUT2D eigenvalue weighted by Gasteiger charge is -2.49. The third kappa shape index (κ3) is 6.61. The summed E-state index contributed by atoms with van der Waals surface area (Å²) in [6.45, 7) is 7.02. The first-order valence-corrected chi connectivity index (χ1v) is 13.9. The molecule has 0 aliphatic heterocycles. The number of rotatable bonds is 9. The number of benzene rings is 3. The van der Waals surface area contributed by atoms with Crippen LogP contribution in [0.4, 0.5) is 0 Å². The monoisotopic (exact) mass is 571 g/mol. The van der Waals surface area contributed by atoms with Gasteiger partial charge in [-0.3, -0.25) is 4.79 Å². The van der Waals surface area contributed by atoms with Gasteiger partial charge >= 0.3 is 11.9 Å². The van der Waals surface area contributed by atoms with E-state index in [0.717, 1.165) is 0 Å². The van der Waals surface area contributed by atoms with Crippen LogP contribution in [-0.2, 0) is 14.3 Å². The zero-order valence-electron chi connectivity index (χ0n) is 24.2. The fourth-order valence-corrected chi connectivity index (χ4v) is 5.38. The standard InChI is InChI=1S/C34H37NO7/c1-22-20-33(3,4)34(40,23(2)41-31(38)26-18-12-7-13-19-26)21-27(22)42-32(39)29(36)28(24-14-8-5-9-15-24)35-30(37)25-16-10-6-11-17-25/h5-20,23,27-29,36,40H,21H2,1-4H3,(H,35,37)/t23-,27-,28-,29+,34+/m0/s1. The second-order valence-electron chi connectivity index (χ2n) is 11.3. The normalized spacial score (nSPS) is 21.7. The maximum absolute atomic E-state index is 13.4. The van der Waals surface area contributed by atoms with Gasteiger partial charge in [-0.15, -0.1) is 0 Å². The van der Waals surface area contributed by atoms with Crippen LogP contribution in [0.5, 0.6) is 0 Å². The van der Waals surface area contributed by atoms with E-state index in [4.69, 9.17) is 9.47 Å². The summed E-state index contributed by atoms with van der Waals surface area (Å²) in [7, 11) is 0. The van der Waals surface area contributed by atoms with E-state index < -0.39 is 53.2 Å². The molecule has 8 heteroatoms. The first-order chi connectivity index (χ1) is 19.9. The third-order valence-electron chi connectivity index (χ3n) is 7.97. The van der Waals surface area contributed by atoms with E-state index in [2.05, 4.69) is 5.32 Å². The van der Waals surface area contributed by atoms with E-state index in [0.29, 0.717) is 22.3 Å². The van der Waals surface area contributed by atoms with Gasteiger partial charge in [0, 0.05) is 17.4 Å². The van der Waals surface area contributed by atoms with Crippen molar-refractivity contribution in [2.45, 2.75) is 64.1 Å². The second-order valence-corrected chi connectivity index (χ2v) is 11.3. The molecule has 5 atom stereocenters. The number of ether oxygens (including phenoxy) is 2. The van der Waals surface area contributed by atoms with Crippen molar-refractivity contribution in [1.29, 1.82) is 0 Å². The summed E-state index contributed by atoms with van der Waals surface area (Å²) in [5.74, 6) is -2.01. The van der Waals surface area contributed by atoms with Crippen molar-refractivity contribution in [2.24, 2.45) is 5.41 Å². The number of amides is 1. The van der Waals surface area contributed by atoms with E-state index in [1.54, 1.807) is 111 Å². The molecule has 0 unspecified atom stereocenters. The number of aliphatic hydroxyl groups is 2. The van der Waals surface area contributed by atoms with Gasteiger partial charge in [0.25, 0.3) is 5.91 Å². The number of aliphatic hydroxyl groups excluding tert-OH is 1. The molecule has 0 radical (unpaired) electrons. The Labute approximate surface area is 246 Å². The van der Waals surface area contributed by atoms with Crippen molar-refractivity contribution >= 4 is 17.8 Å². The molecule has 42 heavy (non-hydrogen) atoms. The molecule has 8 nitrogen and oxygen atoms in total. The first-order valence-electron chi connectivity index (χ1n) is 13.9. The lowest BCUT2D eigenvalue weighted by atomic mass is 9.64. The van der Waals surface area contributed by atoms with Gasteiger partial charge in [-0.2, -0.15) is 0 Å². The maximum atomic E-state index is 13.4. The van der Waals surface area contributed by atoms with E-state index >= 15 is 0 Å². The van der Waals surface area contributed by atoms with Crippen LogP contribution in [0, 0.1) is 5.41 Å². The summed E-state index contributed by atoms with van der Waals surface area (Å²) in [5, 5.41) is 25.8. The van der Waals surface area contributed by atoms with E-state index in [1.165, 1.54) is 0 Å². The third-order valence-corrected chi connectivity index (χ3v) is 7.97. The van der Waals surface area contributed by atoms with Gasteiger partial charge < -0.3 is 25.0 Å². The molecule has 0 saturated heterocycles. The average Bonchev–Trinajstić information content (AvgIpc) is 2.99. The minimum absolute atomic E-state index is 0.0730. The molecule has 220 valence electrons. The molecule has 0 saturated carbocycles. The van der Waals surface area contributed by atoms with Crippen LogP contribution in [0.25, 0.3) is 0 Å². The minimum Gasteiger partial charge on any atom is -0.456 e. The van der Waals surface area contributed by atoms with Gasteiger partial charge in [-0.25, -0.2) is 9.59 Å². The van der Waals surface area contributed by atoms with Gasteiger partial charge in [0.05, 0.1) is 11.6 Å². The fourth-order valence-electron chi connectivity index (χ4n) is 5.38. The minimum atomic E-state index is -1.75. The van der Waals surface area contributed by atoms with Crippen LogP contribution in [0.1, 0.15) is 66.4 Å². The highest BCUT2D eigenvalue weighted by atomic mass is 16.6. The Morgan fingerprint density at radius 1 is 0.881 bits per heavy atom. The largest absolute Gasteiger partial charge is 0.456 e. The van der Waals surface area contributed by atoms with Crippen molar-refractivity contribution in [2.75, 3.05) is 0 Å². The lowest BCUT2D eigenvalue weighted by Crippen LogP contribution is -2.58. The predicted octanol–water partition coefficient (Wildman–Crippen LogP) is 4.78. The number of nitrogens with one attached hydrogen (secondary N) is 1. The Hall–Kier alpha value is -4.27. The van der Waals surface area contributed by atoms with Crippen molar-refractivity contribution in [3.63, 3.8) is 0 Å². The highest BCUT2D eigenvalue weighted by Gasteiger charge is 2.53. The first kappa shape index (κ1) is 30.7. The van der Waals surface area contributed by atoms with Crippen LogP contribution in [0.2, 0.25) is 0 Å². The molecule has 0 spiro atoms. The van der Waals surface area contributed by atoms with Crippen LogP contribution < -0.4 is 5.32 Å². The Bertz CT molecular complexity index is 1420. The summed E-state index contributed by atoms with van der Waals surface area (Å²) < 4.78 is 11.5. The quantitative estimate of drug-likeness (QED) is 0.250. The molecule has 3 N–H and O–H groups in total. The van der Waals surface area contributed by atoms with E-state index in [9.17, 15) is 24.6 Å². The molecule has 0 bridgehead atoms. The molecular formula is C34H37NO7. The Kier molecular flexibility index (Phi) is 9.29. The highest BCUT2D eigenvalue weighted by molar-refractivity contribution is 5.95. The SMILES string of the molecule is CC1=CC(C)(C)[C@](O)([C@H](C)OC(=O)c2ccccc2)C[C@@H]1OC(=O)[C@H](O)[C@@H](NC(=O)c1ccccc1)c1ccccc1. The van der Waals surface area contributed by atoms with Crippen molar-refractivity contribution in [1.82, 2.24) is 5.32 Å². The van der Waals surface area contributed by atoms with Gasteiger partial charge in [0.2, 0.25) is 0 Å². The maximum Gasteiger partial charge on any atom is 0.338 e. The van der Waals surface area contributed by atoms with Gasteiger partial charge in [0.15, 0.2) is 6.10 Å². The van der Waals surface area contributed by atoms with E-state index in [1.807, 2.05) is 13.8 Å². The van der Waals surface area contributed by atoms with Gasteiger partial charge in [-0.1, -0.05) is 86.7 Å². The van der Waals surface area contributed by atoms with E-state index in [-0.39, 0.29) is 6.42 Å². The van der Waals surface area contributed by atoms with Crippen LogP contribution >= 0.6 is 0 Å². The Morgan fingerprint density at radius 3 is 1.98 bits per heavy atom. The molecule has 3 aromatic carbocycles. The van der Waals surface area contributed by atoms with Gasteiger partial charge in [-0.05, 0) is 49.2 Å². The topological polar surface area (TPSA) is 122 Å². The summed E-state index contributed by atoms with van der Waals surface area (Å²) in [4.78, 5) is 39.1. The summed E-state index contributed by atoms with van der Waals surface area (Å²) in [6.07, 6.45) is -1.90. The van der Waals surface area contributed by atoms with Crippen LogP contribution in [0.3, 0.4) is 0 Å². The summed E-state index contributed by atoms with van der Waals surface area (Å²) in [6, 6.07) is 24.5. The average molecular weight is 572 g/mol. The summed E-state index contributed by atoms with van der Waals surface area (Å²) >= 11 is 0. The van der Waals surface area contributed by atoms with Crippen LogP contribution in [-0.4, -0.2) is 52.0 Å². The van der Waals surface area contributed by atoms with Gasteiger partial charge in [0.1, 0.15) is 17.8 Å².